The van der Waals surface area contributed by atoms with E-state index in [-0.39, 0.29) is 24.3 Å². The highest BCUT2D eigenvalue weighted by Gasteiger charge is 2.19. The summed E-state index contributed by atoms with van der Waals surface area (Å²) in [5, 5.41) is 4.67. The van der Waals surface area contributed by atoms with Gasteiger partial charge in [0.15, 0.2) is 0 Å². The number of nitrogens with zero attached hydrogens (tertiary/aromatic N) is 3. The van der Waals surface area contributed by atoms with Crippen LogP contribution in [0.5, 0.6) is 0 Å². The molecule has 2 N–H and O–H groups in total. The second kappa shape index (κ2) is 9.30. The Balaban J connectivity index is 1.87. The zero-order valence-corrected chi connectivity index (χ0v) is 17.7. The second-order valence-electron chi connectivity index (χ2n) is 7.29. The molecule has 4 aromatic rings. The van der Waals surface area contributed by atoms with Crippen LogP contribution in [0.3, 0.4) is 0 Å². The third kappa shape index (κ3) is 4.39. The van der Waals surface area contributed by atoms with Crippen LogP contribution in [0.25, 0.3) is 5.69 Å². The van der Waals surface area contributed by atoms with Crippen LogP contribution in [0.1, 0.15) is 22.9 Å². The van der Waals surface area contributed by atoms with Gasteiger partial charge < -0.3 is 5.73 Å². The summed E-state index contributed by atoms with van der Waals surface area (Å²) in [5.74, 6) is -0.636. The van der Waals surface area contributed by atoms with Crippen molar-refractivity contribution in [1.82, 2.24) is 14.3 Å². The van der Waals surface area contributed by atoms with E-state index >= 15 is 0 Å². The van der Waals surface area contributed by atoms with Gasteiger partial charge in [0.2, 0.25) is 0 Å². The topological polar surface area (TPSA) is 82.9 Å². The molecule has 32 heavy (non-hydrogen) atoms. The van der Waals surface area contributed by atoms with Crippen LogP contribution in [-0.2, 0) is 13.0 Å². The standard InChI is InChI=1S/C24H20ClFN4O2/c25-18-11-5-4-10-17(18)14-21-23(31)29(15-20(27)16-8-2-1-3-9-16)24(32)30(28-21)22-13-7-6-12-19(22)26/h1-13,20H,14-15,27H2. The molecule has 162 valence electrons. The Morgan fingerprint density at radius 2 is 1.59 bits per heavy atom. The summed E-state index contributed by atoms with van der Waals surface area (Å²) in [6.07, 6.45) is 0.0772. The van der Waals surface area contributed by atoms with E-state index in [9.17, 15) is 14.0 Å². The number of para-hydroxylation sites is 1. The first-order valence-electron chi connectivity index (χ1n) is 9.97. The van der Waals surface area contributed by atoms with Gasteiger partial charge in [0, 0.05) is 17.5 Å². The van der Waals surface area contributed by atoms with Crippen LogP contribution in [0.4, 0.5) is 4.39 Å². The minimum absolute atomic E-state index is 0.0556. The largest absolute Gasteiger partial charge is 0.352 e. The summed E-state index contributed by atoms with van der Waals surface area (Å²) in [6, 6.07) is 21.3. The fourth-order valence-electron chi connectivity index (χ4n) is 3.44. The van der Waals surface area contributed by atoms with Crippen LogP contribution < -0.4 is 17.0 Å². The number of aromatic nitrogens is 3. The lowest BCUT2D eigenvalue weighted by Crippen LogP contribution is -2.45. The normalized spacial score (nSPS) is 12.0. The van der Waals surface area contributed by atoms with Gasteiger partial charge in [-0.15, -0.1) is 0 Å². The van der Waals surface area contributed by atoms with E-state index in [1.54, 1.807) is 30.3 Å². The average molecular weight is 451 g/mol. The Morgan fingerprint density at radius 1 is 0.938 bits per heavy atom. The lowest BCUT2D eigenvalue weighted by Gasteiger charge is -2.16. The molecular formula is C24H20ClFN4O2. The van der Waals surface area contributed by atoms with Gasteiger partial charge in [-0.25, -0.2) is 9.18 Å². The molecule has 0 radical (unpaired) electrons. The van der Waals surface area contributed by atoms with Gasteiger partial charge in [-0.2, -0.15) is 9.78 Å². The third-order valence-corrected chi connectivity index (χ3v) is 5.50. The maximum atomic E-state index is 14.5. The molecule has 3 aromatic carbocycles. The summed E-state index contributed by atoms with van der Waals surface area (Å²) < 4.78 is 16.4. The van der Waals surface area contributed by atoms with Crippen molar-refractivity contribution in [2.75, 3.05) is 0 Å². The Morgan fingerprint density at radius 3 is 2.31 bits per heavy atom. The van der Waals surface area contributed by atoms with Crippen LogP contribution in [0.15, 0.2) is 88.5 Å². The molecule has 0 saturated heterocycles. The van der Waals surface area contributed by atoms with E-state index < -0.39 is 23.1 Å². The molecule has 1 heterocycles. The van der Waals surface area contributed by atoms with Gasteiger partial charge in [0.05, 0.1) is 6.54 Å². The molecule has 4 rings (SSSR count). The maximum Gasteiger partial charge on any atom is 0.352 e. The smallest absolute Gasteiger partial charge is 0.322 e. The second-order valence-corrected chi connectivity index (χ2v) is 7.70. The zero-order valence-electron chi connectivity index (χ0n) is 17.0. The van der Waals surface area contributed by atoms with Crippen molar-refractivity contribution in [2.45, 2.75) is 19.0 Å². The molecular weight excluding hydrogens is 431 g/mol. The highest BCUT2D eigenvalue weighted by Crippen LogP contribution is 2.18. The number of hydrogen-bond acceptors (Lipinski definition) is 4. The molecule has 1 aromatic heterocycles. The summed E-state index contributed by atoms with van der Waals surface area (Å²) in [6.45, 7) is -0.0891. The van der Waals surface area contributed by atoms with E-state index in [1.807, 2.05) is 30.3 Å². The number of hydrogen-bond donors (Lipinski definition) is 1. The summed E-state index contributed by atoms with van der Waals surface area (Å²) >= 11 is 6.26. The van der Waals surface area contributed by atoms with Crippen LogP contribution in [0, 0.1) is 5.82 Å². The van der Waals surface area contributed by atoms with Gasteiger partial charge in [-0.05, 0) is 29.3 Å². The first-order chi connectivity index (χ1) is 15.5. The molecule has 1 atom stereocenters. The first kappa shape index (κ1) is 21.7. The van der Waals surface area contributed by atoms with Gasteiger partial charge in [0.25, 0.3) is 5.56 Å². The monoisotopic (exact) mass is 450 g/mol. The molecule has 0 saturated carbocycles. The Hall–Kier alpha value is -3.55. The molecule has 1 unspecified atom stereocenters. The van der Waals surface area contributed by atoms with Crippen LogP contribution in [0.2, 0.25) is 5.02 Å². The third-order valence-electron chi connectivity index (χ3n) is 5.13. The molecule has 0 aliphatic carbocycles. The van der Waals surface area contributed by atoms with E-state index in [2.05, 4.69) is 5.10 Å². The van der Waals surface area contributed by atoms with E-state index in [0.717, 1.165) is 14.8 Å². The molecule has 6 nitrogen and oxygen atoms in total. The van der Waals surface area contributed by atoms with Gasteiger partial charge >= 0.3 is 5.69 Å². The van der Waals surface area contributed by atoms with Crippen molar-refractivity contribution >= 4 is 11.6 Å². The number of rotatable bonds is 6. The molecule has 8 heteroatoms. The van der Waals surface area contributed by atoms with Crippen molar-refractivity contribution in [3.05, 3.63) is 127 Å². The molecule has 0 aliphatic rings. The zero-order chi connectivity index (χ0) is 22.7. The molecule has 0 spiro atoms. The maximum absolute atomic E-state index is 14.5. The fourth-order valence-corrected chi connectivity index (χ4v) is 3.64. The molecule has 0 fully saturated rings. The van der Waals surface area contributed by atoms with E-state index in [0.29, 0.717) is 10.6 Å². The van der Waals surface area contributed by atoms with Gasteiger partial charge in [-0.1, -0.05) is 72.3 Å². The molecule has 0 bridgehead atoms. The van der Waals surface area contributed by atoms with E-state index in [1.165, 1.54) is 18.2 Å². The number of benzene rings is 3. The highest BCUT2D eigenvalue weighted by atomic mass is 35.5. The predicted octanol–water partition coefficient (Wildman–Crippen LogP) is 3.48. The lowest BCUT2D eigenvalue weighted by atomic mass is 10.1. The van der Waals surface area contributed by atoms with Crippen molar-refractivity contribution < 1.29 is 4.39 Å². The van der Waals surface area contributed by atoms with Crippen molar-refractivity contribution in [3.8, 4) is 5.69 Å². The van der Waals surface area contributed by atoms with Gasteiger partial charge in [-0.3, -0.25) is 9.36 Å². The quantitative estimate of drug-likeness (QED) is 0.487. The Kier molecular flexibility index (Phi) is 6.30. The van der Waals surface area contributed by atoms with Crippen LogP contribution in [-0.4, -0.2) is 14.3 Å². The Labute approximate surface area is 188 Å². The van der Waals surface area contributed by atoms with Gasteiger partial charge in [0.1, 0.15) is 17.2 Å². The molecule has 0 amide bonds. The highest BCUT2D eigenvalue weighted by molar-refractivity contribution is 6.31. The predicted molar refractivity (Wildman–Crippen MR) is 122 cm³/mol. The Bertz CT molecular complexity index is 1370. The molecule has 0 aliphatic heterocycles. The van der Waals surface area contributed by atoms with Crippen molar-refractivity contribution in [2.24, 2.45) is 5.73 Å². The van der Waals surface area contributed by atoms with Crippen molar-refractivity contribution in [3.63, 3.8) is 0 Å². The SMILES string of the molecule is NC(Cn1c(=O)c(Cc2ccccc2Cl)nn(-c2ccccc2F)c1=O)c1ccccc1. The minimum Gasteiger partial charge on any atom is -0.322 e. The summed E-state index contributed by atoms with van der Waals surface area (Å²) in [4.78, 5) is 26.4. The number of nitrogens with two attached hydrogens (primary N) is 1. The average Bonchev–Trinajstić information content (AvgIpc) is 2.81. The summed E-state index contributed by atoms with van der Waals surface area (Å²) in [7, 11) is 0. The lowest BCUT2D eigenvalue weighted by molar-refractivity contribution is 0.497. The fraction of sp³-hybridized carbons (Fsp3) is 0.125. The van der Waals surface area contributed by atoms with Crippen LogP contribution >= 0.6 is 11.6 Å². The minimum atomic E-state index is -0.769. The first-order valence-corrected chi connectivity index (χ1v) is 10.4. The summed E-state index contributed by atoms with van der Waals surface area (Å²) in [5.41, 5.74) is 6.36. The van der Waals surface area contributed by atoms with E-state index in [4.69, 9.17) is 17.3 Å². The number of halogens is 2. The van der Waals surface area contributed by atoms with Crippen molar-refractivity contribution in [1.29, 1.82) is 0 Å².